The molecule has 0 spiro atoms. The highest BCUT2D eigenvalue weighted by molar-refractivity contribution is 6.31. The Morgan fingerprint density at radius 2 is 2.18 bits per heavy atom. The number of hydrogen-bond donors (Lipinski definition) is 0. The second kappa shape index (κ2) is 4.46. The van der Waals surface area contributed by atoms with E-state index in [1.807, 2.05) is 6.92 Å². The quantitative estimate of drug-likeness (QED) is 0.469. The molecule has 0 aromatic heterocycles. The number of benzene rings is 1. The van der Waals surface area contributed by atoms with Crippen molar-refractivity contribution in [2.75, 3.05) is 0 Å². The van der Waals surface area contributed by atoms with Gasteiger partial charge in [-0.1, -0.05) is 17.7 Å². The van der Waals surface area contributed by atoms with Crippen molar-refractivity contribution in [3.63, 3.8) is 0 Å². The van der Waals surface area contributed by atoms with Gasteiger partial charge in [0, 0.05) is 17.0 Å². The molecular formula is C12H13Cl2NO2. The molecule has 0 radical (unpaired) electrons. The van der Waals surface area contributed by atoms with Crippen LogP contribution in [-0.4, -0.2) is 10.3 Å². The van der Waals surface area contributed by atoms with E-state index < -0.39 is 0 Å². The first-order chi connectivity index (χ1) is 7.96. The van der Waals surface area contributed by atoms with Crippen LogP contribution in [0.4, 0.5) is 5.69 Å². The molecule has 0 N–H and O–H groups in total. The van der Waals surface area contributed by atoms with Crippen molar-refractivity contribution in [3.8, 4) is 0 Å². The van der Waals surface area contributed by atoms with E-state index in [4.69, 9.17) is 23.2 Å². The molecule has 5 heteroatoms. The Morgan fingerprint density at radius 3 is 2.65 bits per heavy atom. The smallest absolute Gasteiger partial charge is 0.258 e. The Bertz CT molecular complexity index is 456. The Morgan fingerprint density at radius 1 is 1.53 bits per heavy atom. The standard InChI is InChI=1S/C12H13Cl2NO2/c1-8(13)12(5-6-12)7-9-10(14)3-2-4-11(9)15(16)17/h2-4,8H,5-7H2,1H3. The minimum Gasteiger partial charge on any atom is -0.258 e. The van der Waals surface area contributed by atoms with Crippen molar-refractivity contribution in [3.05, 3.63) is 38.9 Å². The van der Waals surface area contributed by atoms with Crippen LogP contribution in [0.25, 0.3) is 0 Å². The maximum Gasteiger partial charge on any atom is 0.274 e. The molecule has 1 saturated carbocycles. The monoisotopic (exact) mass is 273 g/mol. The van der Waals surface area contributed by atoms with Crippen molar-refractivity contribution >= 4 is 28.9 Å². The van der Waals surface area contributed by atoms with Crippen molar-refractivity contribution in [2.45, 2.75) is 31.6 Å². The number of halogens is 2. The van der Waals surface area contributed by atoms with Gasteiger partial charge in [0.05, 0.1) is 9.95 Å². The van der Waals surface area contributed by atoms with E-state index in [2.05, 4.69) is 0 Å². The molecule has 0 amide bonds. The minimum absolute atomic E-state index is 0.00267. The van der Waals surface area contributed by atoms with E-state index in [1.54, 1.807) is 12.1 Å². The number of nitro benzene ring substituents is 1. The Kier molecular flexibility index (Phi) is 3.32. The van der Waals surface area contributed by atoms with E-state index >= 15 is 0 Å². The minimum atomic E-state index is -0.379. The highest BCUT2D eigenvalue weighted by Crippen LogP contribution is 2.54. The summed E-state index contributed by atoms with van der Waals surface area (Å²) in [4.78, 5) is 10.6. The molecule has 1 unspecified atom stereocenters. The summed E-state index contributed by atoms with van der Waals surface area (Å²) in [6.45, 7) is 1.94. The van der Waals surface area contributed by atoms with Crippen LogP contribution in [0.2, 0.25) is 5.02 Å². The fourth-order valence-corrected chi connectivity index (χ4v) is 2.65. The van der Waals surface area contributed by atoms with E-state index in [-0.39, 0.29) is 21.4 Å². The van der Waals surface area contributed by atoms with Gasteiger partial charge in [0.1, 0.15) is 0 Å². The van der Waals surface area contributed by atoms with Gasteiger partial charge in [-0.2, -0.15) is 0 Å². The van der Waals surface area contributed by atoms with Crippen molar-refractivity contribution in [1.82, 2.24) is 0 Å². The zero-order valence-corrected chi connectivity index (χ0v) is 11.0. The van der Waals surface area contributed by atoms with Crippen LogP contribution in [0.5, 0.6) is 0 Å². The molecule has 1 aromatic rings. The third kappa shape index (κ3) is 2.40. The molecule has 17 heavy (non-hydrogen) atoms. The number of alkyl halides is 1. The molecular weight excluding hydrogens is 261 g/mol. The molecule has 0 bridgehead atoms. The topological polar surface area (TPSA) is 43.1 Å². The lowest BCUT2D eigenvalue weighted by Crippen LogP contribution is -2.16. The fraction of sp³-hybridized carbons (Fsp3) is 0.500. The first kappa shape index (κ1) is 12.7. The Labute approximate surface area is 110 Å². The van der Waals surface area contributed by atoms with E-state index in [9.17, 15) is 10.1 Å². The highest BCUT2D eigenvalue weighted by Gasteiger charge is 2.47. The van der Waals surface area contributed by atoms with Gasteiger partial charge in [0.15, 0.2) is 0 Å². The lowest BCUT2D eigenvalue weighted by Gasteiger charge is -2.18. The van der Waals surface area contributed by atoms with Crippen LogP contribution in [0.3, 0.4) is 0 Å². The van der Waals surface area contributed by atoms with E-state index in [1.165, 1.54) is 6.07 Å². The molecule has 3 nitrogen and oxygen atoms in total. The molecule has 1 atom stereocenters. The van der Waals surface area contributed by atoms with E-state index in [0.717, 1.165) is 12.8 Å². The molecule has 1 aliphatic rings. The first-order valence-electron chi connectivity index (χ1n) is 5.52. The molecule has 1 fully saturated rings. The predicted molar refractivity (Wildman–Crippen MR) is 68.8 cm³/mol. The van der Waals surface area contributed by atoms with Gasteiger partial charge in [-0.15, -0.1) is 11.6 Å². The summed E-state index contributed by atoms with van der Waals surface area (Å²) in [6, 6.07) is 4.79. The maximum absolute atomic E-state index is 11.0. The molecule has 1 aliphatic carbocycles. The first-order valence-corrected chi connectivity index (χ1v) is 6.33. The molecule has 0 aliphatic heterocycles. The van der Waals surface area contributed by atoms with Gasteiger partial charge in [0.25, 0.3) is 5.69 Å². The summed E-state index contributed by atoms with van der Waals surface area (Å²) in [5, 5.41) is 11.4. The van der Waals surface area contributed by atoms with Crippen LogP contribution >= 0.6 is 23.2 Å². The maximum atomic E-state index is 11.0. The van der Waals surface area contributed by atoms with Crippen molar-refractivity contribution < 1.29 is 4.92 Å². The lowest BCUT2D eigenvalue weighted by atomic mass is 9.92. The summed E-state index contributed by atoms with van der Waals surface area (Å²) >= 11 is 12.2. The van der Waals surface area contributed by atoms with Crippen LogP contribution in [0.15, 0.2) is 18.2 Å². The third-order valence-corrected chi connectivity index (χ3v) is 4.37. The number of hydrogen-bond acceptors (Lipinski definition) is 2. The lowest BCUT2D eigenvalue weighted by molar-refractivity contribution is -0.385. The van der Waals surface area contributed by atoms with Crippen molar-refractivity contribution in [2.24, 2.45) is 5.41 Å². The predicted octanol–water partition coefficient (Wildman–Crippen LogP) is 4.20. The van der Waals surface area contributed by atoms with Crippen LogP contribution in [-0.2, 0) is 6.42 Å². The van der Waals surface area contributed by atoms with E-state index in [0.29, 0.717) is 17.0 Å². The van der Waals surface area contributed by atoms with Gasteiger partial charge in [-0.25, -0.2) is 0 Å². The average molecular weight is 274 g/mol. The SMILES string of the molecule is CC(Cl)C1(Cc2c(Cl)cccc2[N+](=O)[O-])CC1. The van der Waals surface area contributed by atoms with Gasteiger partial charge < -0.3 is 0 Å². The molecule has 1 aromatic carbocycles. The second-order valence-electron chi connectivity index (χ2n) is 4.65. The number of rotatable bonds is 4. The molecule has 0 heterocycles. The summed E-state index contributed by atoms with van der Waals surface area (Å²) < 4.78 is 0. The summed E-state index contributed by atoms with van der Waals surface area (Å²) in [6.07, 6.45) is 2.62. The van der Waals surface area contributed by atoms with Gasteiger partial charge >= 0.3 is 0 Å². The largest absolute Gasteiger partial charge is 0.274 e. The highest BCUT2D eigenvalue weighted by atomic mass is 35.5. The van der Waals surface area contributed by atoms with Gasteiger partial charge in [-0.3, -0.25) is 10.1 Å². The number of nitrogens with zero attached hydrogens (tertiary/aromatic N) is 1. The third-order valence-electron chi connectivity index (χ3n) is 3.56. The summed E-state index contributed by atoms with van der Waals surface area (Å²) in [7, 11) is 0. The Balaban J connectivity index is 2.35. The van der Waals surface area contributed by atoms with Gasteiger partial charge in [0.2, 0.25) is 0 Å². The Hall–Kier alpha value is -0.800. The van der Waals surface area contributed by atoms with Gasteiger partial charge in [-0.05, 0) is 37.7 Å². The summed E-state index contributed by atoms with van der Waals surface area (Å²) in [5.41, 5.74) is 0.711. The average Bonchev–Trinajstić information content (AvgIpc) is 3.01. The van der Waals surface area contributed by atoms with Crippen LogP contribution in [0, 0.1) is 15.5 Å². The zero-order chi connectivity index (χ0) is 12.6. The fourth-order valence-electron chi connectivity index (χ4n) is 2.12. The zero-order valence-electron chi connectivity index (χ0n) is 9.45. The van der Waals surface area contributed by atoms with Crippen molar-refractivity contribution in [1.29, 1.82) is 0 Å². The normalized spacial score (nSPS) is 18.8. The molecule has 2 rings (SSSR count). The second-order valence-corrected chi connectivity index (χ2v) is 5.71. The number of nitro groups is 1. The summed E-state index contributed by atoms with van der Waals surface area (Å²) in [5.74, 6) is 0. The molecule has 0 saturated heterocycles. The van der Waals surface area contributed by atoms with Crippen LogP contribution in [0.1, 0.15) is 25.3 Å². The molecule has 92 valence electrons. The van der Waals surface area contributed by atoms with Crippen LogP contribution < -0.4 is 0 Å².